The second kappa shape index (κ2) is 4.81. The lowest BCUT2D eigenvalue weighted by Crippen LogP contribution is -2.30. The van der Waals surface area contributed by atoms with E-state index in [1.54, 1.807) is 13.0 Å². The largest absolute Gasteiger partial charge is 0.466 e. The average Bonchev–Trinajstić information content (AvgIpc) is 2.45. The van der Waals surface area contributed by atoms with E-state index in [1.165, 1.54) is 0 Å². The zero-order valence-electron chi connectivity index (χ0n) is 8.81. The van der Waals surface area contributed by atoms with Gasteiger partial charge in [-0.25, -0.2) is 0 Å². The van der Waals surface area contributed by atoms with E-state index in [4.69, 9.17) is 4.42 Å². The molecule has 1 aromatic heterocycles. The standard InChI is InChI=1S/C10H16N2O2/c1-7-6-9(8(2)14-7)10(13)12-5-4-11-3/h6,11H,4-5H2,1-3H3,(H,12,13). The Labute approximate surface area is 83.7 Å². The Morgan fingerprint density at radius 2 is 2.14 bits per heavy atom. The van der Waals surface area contributed by atoms with E-state index in [1.807, 2.05) is 14.0 Å². The minimum Gasteiger partial charge on any atom is -0.466 e. The second-order valence-electron chi connectivity index (χ2n) is 3.19. The number of amides is 1. The van der Waals surface area contributed by atoms with Crippen LogP contribution in [0.25, 0.3) is 0 Å². The molecule has 0 saturated carbocycles. The van der Waals surface area contributed by atoms with Crippen molar-refractivity contribution in [2.24, 2.45) is 0 Å². The van der Waals surface area contributed by atoms with Crippen molar-refractivity contribution in [2.75, 3.05) is 20.1 Å². The van der Waals surface area contributed by atoms with Crippen molar-refractivity contribution in [3.8, 4) is 0 Å². The Kier molecular flexibility index (Phi) is 3.71. The van der Waals surface area contributed by atoms with Gasteiger partial charge in [-0.15, -0.1) is 0 Å². The molecule has 4 nitrogen and oxygen atoms in total. The number of rotatable bonds is 4. The van der Waals surface area contributed by atoms with Crippen LogP contribution in [0.2, 0.25) is 0 Å². The van der Waals surface area contributed by atoms with Gasteiger partial charge in [0.25, 0.3) is 5.91 Å². The highest BCUT2D eigenvalue weighted by Gasteiger charge is 2.12. The summed E-state index contributed by atoms with van der Waals surface area (Å²) in [5.74, 6) is 1.36. The molecule has 0 atom stereocenters. The summed E-state index contributed by atoms with van der Waals surface area (Å²) in [6.07, 6.45) is 0. The quantitative estimate of drug-likeness (QED) is 0.702. The van der Waals surface area contributed by atoms with Gasteiger partial charge in [-0.2, -0.15) is 0 Å². The van der Waals surface area contributed by atoms with Gasteiger partial charge >= 0.3 is 0 Å². The number of nitrogens with one attached hydrogen (secondary N) is 2. The van der Waals surface area contributed by atoms with E-state index < -0.39 is 0 Å². The molecule has 1 aromatic rings. The highest BCUT2D eigenvalue weighted by molar-refractivity contribution is 5.95. The van der Waals surface area contributed by atoms with Gasteiger partial charge in [0.05, 0.1) is 5.56 Å². The molecule has 0 radical (unpaired) electrons. The number of furan rings is 1. The zero-order valence-corrected chi connectivity index (χ0v) is 8.81. The van der Waals surface area contributed by atoms with Gasteiger partial charge in [-0.3, -0.25) is 4.79 Å². The Bertz CT molecular complexity index is 318. The summed E-state index contributed by atoms with van der Waals surface area (Å²) >= 11 is 0. The van der Waals surface area contributed by atoms with Crippen molar-refractivity contribution in [3.63, 3.8) is 0 Å². The maximum Gasteiger partial charge on any atom is 0.254 e. The van der Waals surface area contributed by atoms with E-state index in [9.17, 15) is 4.79 Å². The van der Waals surface area contributed by atoms with Crippen molar-refractivity contribution >= 4 is 5.91 Å². The summed E-state index contributed by atoms with van der Waals surface area (Å²) in [6, 6.07) is 1.75. The van der Waals surface area contributed by atoms with E-state index in [2.05, 4.69) is 10.6 Å². The molecular weight excluding hydrogens is 180 g/mol. The first-order chi connectivity index (χ1) is 6.65. The van der Waals surface area contributed by atoms with Crippen LogP contribution in [-0.4, -0.2) is 26.0 Å². The molecule has 2 N–H and O–H groups in total. The minimum absolute atomic E-state index is 0.0744. The molecular formula is C10H16N2O2. The van der Waals surface area contributed by atoms with Crippen molar-refractivity contribution in [2.45, 2.75) is 13.8 Å². The molecule has 1 rings (SSSR count). The van der Waals surface area contributed by atoms with Crippen LogP contribution in [0, 0.1) is 13.8 Å². The lowest BCUT2D eigenvalue weighted by molar-refractivity contribution is 0.0952. The molecule has 0 aliphatic heterocycles. The fourth-order valence-electron chi connectivity index (χ4n) is 1.25. The molecule has 0 unspecified atom stereocenters. The lowest BCUT2D eigenvalue weighted by Gasteiger charge is -2.02. The van der Waals surface area contributed by atoms with Crippen molar-refractivity contribution in [1.29, 1.82) is 0 Å². The smallest absolute Gasteiger partial charge is 0.254 e. The van der Waals surface area contributed by atoms with Crippen molar-refractivity contribution in [3.05, 3.63) is 23.2 Å². The van der Waals surface area contributed by atoms with Gasteiger partial charge in [0.1, 0.15) is 11.5 Å². The summed E-state index contributed by atoms with van der Waals surface area (Å²) in [5.41, 5.74) is 0.624. The molecule has 0 aliphatic carbocycles. The van der Waals surface area contributed by atoms with E-state index in [0.717, 1.165) is 12.3 Å². The van der Waals surface area contributed by atoms with Crippen LogP contribution in [-0.2, 0) is 0 Å². The topological polar surface area (TPSA) is 54.3 Å². The Balaban J connectivity index is 2.56. The number of carbonyl (C=O) groups is 1. The Hall–Kier alpha value is -1.29. The maximum absolute atomic E-state index is 11.6. The maximum atomic E-state index is 11.6. The Morgan fingerprint density at radius 3 is 2.64 bits per heavy atom. The van der Waals surface area contributed by atoms with Crippen LogP contribution in [0.1, 0.15) is 21.9 Å². The highest BCUT2D eigenvalue weighted by atomic mass is 16.3. The number of carbonyl (C=O) groups excluding carboxylic acids is 1. The zero-order chi connectivity index (χ0) is 10.6. The van der Waals surface area contributed by atoms with Gasteiger partial charge in [0, 0.05) is 13.1 Å². The van der Waals surface area contributed by atoms with Crippen LogP contribution in [0.4, 0.5) is 0 Å². The van der Waals surface area contributed by atoms with Crippen LogP contribution in [0.15, 0.2) is 10.5 Å². The van der Waals surface area contributed by atoms with Crippen LogP contribution in [0.3, 0.4) is 0 Å². The molecule has 0 aromatic carbocycles. The summed E-state index contributed by atoms with van der Waals surface area (Å²) in [4.78, 5) is 11.6. The molecule has 0 saturated heterocycles. The molecule has 0 spiro atoms. The van der Waals surface area contributed by atoms with Crippen molar-refractivity contribution < 1.29 is 9.21 Å². The summed E-state index contributed by atoms with van der Waals surface area (Å²) < 4.78 is 5.27. The average molecular weight is 196 g/mol. The van der Waals surface area contributed by atoms with Crippen molar-refractivity contribution in [1.82, 2.24) is 10.6 Å². The summed E-state index contributed by atoms with van der Waals surface area (Å²) in [6.45, 7) is 5.01. The second-order valence-corrected chi connectivity index (χ2v) is 3.19. The molecule has 78 valence electrons. The SMILES string of the molecule is CNCCNC(=O)c1cc(C)oc1C. The highest BCUT2D eigenvalue weighted by Crippen LogP contribution is 2.12. The molecule has 0 bridgehead atoms. The third-order valence-electron chi connectivity index (χ3n) is 1.95. The van der Waals surface area contributed by atoms with Gasteiger partial charge in [-0.1, -0.05) is 0 Å². The molecule has 4 heteroatoms. The van der Waals surface area contributed by atoms with Gasteiger partial charge < -0.3 is 15.1 Å². The molecule has 0 fully saturated rings. The number of aryl methyl sites for hydroxylation is 2. The van der Waals surface area contributed by atoms with Gasteiger partial charge in [-0.05, 0) is 27.0 Å². The first kappa shape index (κ1) is 10.8. The minimum atomic E-state index is -0.0744. The number of hydrogen-bond acceptors (Lipinski definition) is 3. The van der Waals surface area contributed by atoms with E-state index in [-0.39, 0.29) is 5.91 Å². The summed E-state index contributed by atoms with van der Waals surface area (Å²) in [7, 11) is 1.85. The molecule has 1 amide bonds. The fourth-order valence-corrected chi connectivity index (χ4v) is 1.25. The number of hydrogen-bond donors (Lipinski definition) is 2. The van der Waals surface area contributed by atoms with Crippen LogP contribution >= 0.6 is 0 Å². The number of likely N-dealkylation sites (N-methyl/N-ethyl adjacent to an activating group) is 1. The molecule has 1 heterocycles. The Morgan fingerprint density at radius 1 is 1.43 bits per heavy atom. The van der Waals surface area contributed by atoms with E-state index in [0.29, 0.717) is 17.9 Å². The summed E-state index contributed by atoms with van der Waals surface area (Å²) in [5, 5.41) is 5.75. The van der Waals surface area contributed by atoms with Crippen LogP contribution < -0.4 is 10.6 Å². The normalized spacial score (nSPS) is 10.2. The van der Waals surface area contributed by atoms with Crippen LogP contribution in [0.5, 0.6) is 0 Å². The first-order valence-electron chi connectivity index (χ1n) is 4.65. The first-order valence-corrected chi connectivity index (χ1v) is 4.65. The molecule has 14 heavy (non-hydrogen) atoms. The monoisotopic (exact) mass is 196 g/mol. The fraction of sp³-hybridized carbons (Fsp3) is 0.500. The third kappa shape index (κ3) is 2.60. The van der Waals surface area contributed by atoms with Gasteiger partial charge in [0.15, 0.2) is 0 Å². The lowest BCUT2D eigenvalue weighted by atomic mass is 10.2. The van der Waals surface area contributed by atoms with E-state index >= 15 is 0 Å². The molecule has 0 aliphatic rings. The predicted octanol–water partition coefficient (Wildman–Crippen LogP) is 0.846. The van der Waals surface area contributed by atoms with Gasteiger partial charge in [0.2, 0.25) is 0 Å². The third-order valence-corrected chi connectivity index (χ3v) is 1.95. The predicted molar refractivity (Wildman–Crippen MR) is 54.4 cm³/mol.